The Morgan fingerprint density at radius 3 is 2.79 bits per heavy atom. The molecule has 9 heteroatoms. The number of anilines is 2. The number of carbonyl (C=O) groups is 1. The molecule has 1 atom stereocenters. The Morgan fingerprint density at radius 2 is 2.08 bits per heavy atom. The van der Waals surface area contributed by atoms with Crippen LogP contribution in [-0.4, -0.2) is 71.5 Å². The van der Waals surface area contributed by atoms with Gasteiger partial charge < -0.3 is 25.0 Å². The fraction of sp³-hybridized carbons (Fsp3) is 0.667. The van der Waals surface area contributed by atoms with E-state index in [-0.39, 0.29) is 6.04 Å². The van der Waals surface area contributed by atoms with Crippen molar-refractivity contribution < 1.29 is 14.6 Å². The molecule has 0 aliphatic carbocycles. The molecule has 3 heterocycles. The third-order valence-electron chi connectivity index (χ3n) is 4.40. The Balaban J connectivity index is 1.75. The summed E-state index contributed by atoms with van der Waals surface area (Å²) >= 11 is 6.28. The molecule has 2 saturated heterocycles. The summed E-state index contributed by atoms with van der Waals surface area (Å²) < 4.78 is 5.38. The quantitative estimate of drug-likeness (QED) is 0.799. The van der Waals surface area contributed by atoms with Crippen LogP contribution in [0.3, 0.4) is 0 Å². The number of ether oxygens (including phenoxy) is 1. The maximum atomic E-state index is 11.1. The van der Waals surface area contributed by atoms with Crippen LogP contribution in [0.1, 0.15) is 18.4 Å². The van der Waals surface area contributed by atoms with E-state index in [1.807, 2.05) is 6.92 Å². The Kier molecular flexibility index (Phi) is 5.25. The Hall–Kier alpha value is -1.80. The fourth-order valence-electron chi connectivity index (χ4n) is 3.08. The summed E-state index contributed by atoms with van der Waals surface area (Å²) in [4.78, 5) is 23.6. The van der Waals surface area contributed by atoms with Crippen LogP contribution in [-0.2, 0) is 4.74 Å². The van der Waals surface area contributed by atoms with Crippen molar-refractivity contribution in [2.45, 2.75) is 25.8 Å². The topological polar surface area (TPSA) is 90.8 Å². The van der Waals surface area contributed by atoms with Crippen LogP contribution in [0, 0.1) is 6.92 Å². The molecule has 0 radical (unpaired) electrons. The number of carboxylic acid groups (broad SMARTS) is 1. The van der Waals surface area contributed by atoms with Crippen molar-refractivity contribution in [3.05, 3.63) is 10.7 Å². The van der Waals surface area contributed by atoms with Crippen molar-refractivity contribution in [3.8, 4) is 0 Å². The van der Waals surface area contributed by atoms with Crippen molar-refractivity contribution in [1.29, 1.82) is 0 Å². The molecular weight excluding hydrogens is 334 g/mol. The van der Waals surface area contributed by atoms with Gasteiger partial charge >= 0.3 is 6.09 Å². The molecule has 1 amide bonds. The van der Waals surface area contributed by atoms with Crippen LogP contribution in [0.4, 0.5) is 16.6 Å². The van der Waals surface area contributed by atoms with Gasteiger partial charge in [-0.3, -0.25) is 0 Å². The van der Waals surface area contributed by atoms with Gasteiger partial charge in [-0.25, -0.2) is 9.78 Å². The van der Waals surface area contributed by atoms with Gasteiger partial charge in [0.15, 0.2) is 0 Å². The van der Waals surface area contributed by atoms with Crippen LogP contribution in [0.25, 0.3) is 0 Å². The normalized spacial score (nSPS) is 21.7. The third kappa shape index (κ3) is 3.81. The van der Waals surface area contributed by atoms with Crippen molar-refractivity contribution in [2.24, 2.45) is 0 Å². The zero-order valence-corrected chi connectivity index (χ0v) is 14.4. The molecule has 0 aromatic carbocycles. The minimum Gasteiger partial charge on any atom is -0.465 e. The maximum absolute atomic E-state index is 11.1. The number of halogens is 1. The van der Waals surface area contributed by atoms with Crippen molar-refractivity contribution >= 4 is 29.5 Å². The number of likely N-dealkylation sites (tertiary alicyclic amines) is 1. The number of rotatable bonds is 3. The lowest BCUT2D eigenvalue weighted by atomic mass is 10.1. The predicted octanol–water partition coefficient (Wildman–Crippen LogP) is 1.83. The van der Waals surface area contributed by atoms with Gasteiger partial charge in [0.1, 0.15) is 11.0 Å². The van der Waals surface area contributed by atoms with E-state index in [0.717, 1.165) is 37.3 Å². The standard InChI is InChI=1S/C15H22ClN5O3/c1-10-12(16)18-14(19-13(10)20-5-7-24-8-6-20)17-11-3-2-4-21(9-11)15(22)23/h11H,2-9H2,1H3,(H,22,23)(H,17,18,19). The summed E-state index contributed by atoms with van der Waals surface area (Å²) in [7, 11) is 0. The van der Waals surface area contributed by atoms with Gasteiger partial charge in [0.25, 0.3) is 0 Å². The lowest BCUT2D eigenvalue weighted by Crippen LogP contribution is -2.44. The number of nitrogens with zero attached hydrogens (tertiary/aromatic N) is 4. The van der Waals surface area contributed by atoms with E-state index < -0.39 is 6.09 Å². The molecule has 8 nitrogen and oxygen atoms in total. The highest BCUT2D eigenvalue weighted by Crippen LogP contribution is 2.26. The number of hydrogen-bond donors (Lipinski definition) is 2. The van der Waals surface area contributed by atoms with E-state index in [1.165, 1.54) is 4.90 Å². The second kappa shape index (κ2) is 7.40. The first-order valence-corrected chi connectivity index (χ1v) is 8.53. The lowest BCUT2D eigenvalue weighted by molar-refractivity contribution is 0.122. The van der Waals surface area contributed by atoms with Gasteiger partial charge in [-0.05, 0) is 19.8 Å². The minimum atomic E-state index is -0.890. The van der Waals surface area contributed by atoms with Crippen molar-refractivity contribution in [2.75, 3.05) is 49.6 Å². The average molecular weight is 356 g/mol. The molecule has 24 heavy (non-hydrogen) atoms. The number of morpholine rings is 1. The molecule has 2 aliphatic heterocycles. The first-order chi connectivity index (χ1) is 11.5. The maximum Gasteiger partial charge on any atom is 0.407 e. The smallest absolute Gasteiger partial charge is 0.407 e. The molecule has 0 saturated carbocycles. The van der Waals surface area contributed by atoms with E-state index in [2.05, 4.69) is 20.2 Å². The molecule has 2 aliphatic rings. The van der Waals surface area contributed by atoms with Gasteiger partial charge in [0.05, 0.1) is 13.2 Å². The highest BCUT2D eigenvalue weighted by atomic mass is 35.5. The molecule has 3 rings (SSSR count). The largest absolute Gasteiger partial charge is 0.465 e. The van der Waals surface area contributed by atoms with Crippen molar-refractivity contribution in [3.63, 3.8) is 0 Å². The molecule has 0 spiro atoms. The molecule has 2 N–H and O–H groups in total. The van der Waals surface area contributed by atoms with E-state index in [9.17, 15) is 4.79 Å². The number of nitrogens with one attached hydrogen (secondary N) is 1. The van der Waals surface area contributed by atoms with E-state index in [0.29, 0.717) is 37.4 Å². The highest BCUT2D eigenvalue weighted by molar-refractivity contribution is 6.30. The van der Waals surface area contributed by atoms with Crippen LogP contribution < -0.4 is 10.2 Å². The summed E-state index contributed by atoms with van der Waals surface area (Å²) in [6.45, 7) is 5.77. The zero-order valence-electron chi connectivity index (χ0n) is 13.7. The van der Waals surface area contributed by atoms with Gasteiger partial charge in [-0.2, -0.15) is 4.98 Å². The van der Waals surface area contributed by atoms with Gasteiger partial charge in [-0.1, -0.05) is 11.6 Å². The molecule has 132 valence electrons. The molecule has 1 aromatic rings. The van der Waals surface area contributed by atoms with Gasteiger partial charge in [0.2, 0.25) is 5.95 Å². The number of hydrogen-bond acceptors (Lipinski definition) is 6. The van der Waals surface area contributed by atoms with Crippen molar-refractivity contribution in [1.82, 2.24) is 14.9 Å². The fourth-order valence-corrected chi connectivity index (χ4v) is 3.24. The molecular formula is C15H22ClN5O3. The van der Waals surface area contributed by atoms with E-state index >= 15 is 0 Å². The first kappa shape index (κ1) is 17.0. The van der Waals surface area contributed by atoms with E-state index in [1.54, 1.807) is 0 Å². The summed E-state index contributed by atoms with van der Waals surface area (Å²) in [5.41, 5.74) is 0.847. The highest BCUT2D eigenvalue weighted by Gasteiger charge is 2.25. The SMILES string of the molecule is Cc1c(Cl)nc(NC2CCCN(C(=O)O)C2)nc1N1CCOCC1. The summed E-state index contributed by atoms with van der Waals surface area (Å²) in [6.07, 6.45) is 0.809. The molecule has 1 unspecified atom stereocenters. The summed E-state index contributed by atoms with van der Waals surface area (Å²) in [5.74, 6) is 1.26. The van der Waals surface area contributed by atoms with Crippen LogP contribution in [0.15, 0.2) is 0 Å². The Morgan fingerprint density at radius 1 is 1.33 bits per heavy atom. The van der Waals surface area contributed by atoms with Crippen LogP contribution in [0.5, 0.6) is 0 Å². The minimum absolute atomic E-state index is 0.00818. The molecule has 2 fully saturated rings. The summed E-state index contributed by atoms with van der Waals surface area (Å²) in [6, 6.07) is -0.00818. The van der Waals surface area contributed by atoms with Crippen LogP contribution >= 0.6 is 11.6 Å². The van der Waals surface area contributed by atoms with E-state index in [4.69, 9.17) is 21.4 Å². The Bertz CT molecular complexity index is 609. The summed E-state index contributed by atoms with van der Waals surface area (Å²) in [5, 5.41) is 12.8. The molecule has 1 aromatic heterocycles. The second-order valence-corrected chi connectivity index (χ2v) is 6.46. The zero-order chi connectivity index (χ0) is 17.1. The van der Waals surface area contributed by atoms with Crippen LogP contribution in [0.2, 0.25) is 5.15 Å². The van der Waals surface area contributed by atoms with Gasteiger partial charge in [0, 0.05) is 37.8 Å². The number of aromatic nitrogens is 2. The van der Waals surface area contributed by atoms with Gasteiger partial charge in [-0.15, -0.1) is 0 Å². The second-order valence-electron chi connectivity index (χ2n) is 6.10. The average Bonchev–Trinajstić information content (AvgIpc) is 2.59. The Labute approximate surface area is 145 Å². The monoisotopic (exact) mass is 355 g/mol. The number of amides is 1. The lowest BCUT2D eigenvalue weighted by Gasteiger charge is -2.32. The first-order valence-electron chi connectivity index (χ1n) is 8.16. The number of piperidine rings is 1. The third-order valence-corrected chi connectivity index (χ3v) is 4.76. The predicted molar refractivity (Wildman–Crippen MR) is 91.1 cm³/mol. The molecule has 0 bridgehead atoms.